The van der Waals surface area contributed by atoms with E-state index in [2.05, 4.69) is 15.3 Å². The van der Waals surface area contributed by atoms with Crippen LogP contribution in [0.5, 0.6) is 0 Å². The lowest BCUT2D eigenvalue weighted by Gasteiger charge is -2.19. The second kappa shape index (κ2) is 6.25. The number of fused-ring (bicyclic) bond motifs is 1. The summed E-state index contributed by atoms with van der Waals surface area (Å²) in [6, 6.07) is 9.19. The van der Waals surface area contributed by atoms with Gasteiger partial charge in [0.1, 0.15) is 26.8 Å². The summed E-state index contributed by atoms with van der Waals surface area (Å²) in [6.07, 6.45) is 2.75. The quantitative estimate of drug-likeness (QED) is 0.767. The van der Waals surface area contributed by atoms with Gasteiger partial charge in [0, 0.05) is 6.26 Å². The summed E-state index contributed by atoms with van der Waals surface area (Å²) in [6.45, 7) is 2.00. The summed E-state index contributed by atoms with van der Waals surface area (Å²) >= 11 is 1.55. The number of aryl methyl sites for hydroxylation is 1. The molecule has 0 aliphatic carbocycles. The number of thiophene rings is 1. The van der Waals surface area contributed by atoms with E-state index in [1.807, 2.05) is 42.6 Å². The average molecular weight is 347 g/mol. The largest absolute Gasteiger partial charge is 0.362 e. The maximum Gasteiger partial charge on any atom is 0.149 e. The minimum absolute atomic E-state index is 0.00565. The lowest BCUT2D eigenvalue weighted by atomic mass is 10.1. The highest BCUT2D eigenvalue weighted by molar-refractivity contribution is 7.90. The van der Waals surface area contributed by atoms with Crippen LogP contribution in [-0.2, 0) is 9.84 Å². The molecule has 3 aromatic rings. The lowest BCUT2D eigenvalue weighted by molar-refractivity contribution is 0.597. The van der Waals surface area contributed by atoms with Gasteiger partial charge in [-0.15, -0.1) is 11.3 Å². The minimum Gasteiger partial charge on any atom is -0.362 e. The molecule has 120 valence electrons. The summed E-state index contributed by atoms with van der Waals surface area (Å²) in [5.74, 6) is 0.678. The van der Waals surface area contributed by atoms with Crippen LogP contribution in [0.4, 0.5) is 5.82 Å². The van der Waals surface area contributed by atoms with Crippen molar-refractivity contribution in [2.75, 3.05) is 17.3 Å². The molecule has 1 N–H and O–H groups in total. The molecular formula is C16H17N3O2S2. The first-order valence-corrected chi connectivity index (χ1v) is 10.1. The number of nitrogens with zero attached hydrogens (tertiary/aromatic N) is 2. The first-order valence-electron chi connectivity index (χ1n) is 7.12. The zero-order valence-corrected chi connectivity index (χ0v) is 14.5. The number of benzene rings is 1. The summed E-state index contributed by atoms with van der Waals surface area (Å²) in [5.41, 5.74) is 2.00. The van der Waals surface area contributed by atoms with Gasteiger partial charge in [0.05, 0.1) is 17.2 Å². The number of sulfone groups is 1. The molecule has 0 radical (unpaired) electrons. The van der Waals surface area contributed by atoms with Gasteiger partial charge in [0.15, 0.2) is 0 Å². The molecule has 0 saturated carbocycles. The van der Waals surface area contributed by atoms with Crippen LogP contribution in [0.1, 0.15) is 17.2 Å². The Bertz CT molecular complexity index is 921. The van der Waals surface area contributed by atoms with Crippen molar-refractivity contribution >= 4 is 37.2 Å². The van der Waals surface area contributed by atoms with Gasteiger partial charge in [-0.3, -0.25) is 0 Å². The fourth-order valence-corrected chi connectivity index (χ4v) is 4.27. The van der Waals surface area contributed by atoms with Crippen molar-refractivity contribution in [1.82, 2.24) is 9.97 Å². The molecule has 0 bridgehead atoms. The molecule has 1 unspecified atom stereocenters. The van der Waals surface area contributed by atoms with E-state index in [9.17, 15) is 8.42 Å². The molecule has 3 rings (SSSR count). The SMILES string of the molecule is Cc1csc2ncnc(NC(CS(C)(=O)=O)c3ccccc3)c12. The van der Waals surface area contributed by atoms with E-state index in [0.717, 1.165) is 21.3 Å². The minimum atomic E-state index is -3.14. The molecule has 1 atom stereocenters. The van der Waals surface area contributed by atoms with Gasteiger partial charge in [0.25, 0.3) is 0 Å². The summed E-state index contributed by atoms with van der Waals surface area (Å²) < 4.78 is 23.6. The Morgan fingerprint density at radius 3 is 2.65 bits per heavy atom. The van der Waals surface area contributed by atoms with Gasteiger partial charge >= 0.3 is 0 Å². The topological polar surface area (TPSA) is 72.0 Å². The molecule has 0 aliphatic rings. The predicted octanol–water partition coefficient (Wildman–Crippen LogP) is 3.20. The Morgan fingerprint density at radius 2 is 1.96 bits per heavy atom. The lowest BCUT2D eigenvalue weighted by Crippen LogP contribution is -2.21. The van der Waals surface area contributed by atoms with Gasteiger partial charge in [-0.05, 0) is 23.4 Å². The van der Waals surface area contributed by atoms with E-state index in [1.165, 1.54) is 12.6 Å². The maximum atomic E-state index is 11.8. The van der Waals surface area contributed by atoms with Crippen molar-refractivity contribution in [2.45, 2.75) is 13.0 Å². The molecule has 0 saturated heterocycles. The first kappa shape index (κ1) is 15.9. The molecule has 7 heteroatoms. The van der Waals surface area contributed by atoms with Crippen LogP contribution in [0.2, 0.25) is 0 Å². The zero-order valence-electron chi connectivity index (χ0n) is 12.9. The van der Waals surface area contributed by atoms with E-state index >= 15 is 0 Å². The highest BCUT2D eigenvalue weighted by atomic mass is 32.2. The Balaban J connectivity index is 2.02. The molecule has 2 aromatic heterocycles. The van der Waals surface area contributed by atoms with E-state index in [1.54, 1.807) is 11.3 Å². The molecule has 0 fully saturated rings. The van der Waals surface area contributed by atoms with Gasteiger partial charge in [0.2, 0.25) is 0 Å². The maximum absolute atomic E-state index is 11.8. The molecule has 2 heterocycles. The van der Waals surface area contributed by atoms with Crippen molar-refractivity contribution in [1.29, 1.82) is 0 Å². The third-order valence-electron chi connectivity index (χ3n) is 3.54. The van der Waals surface area contributed by atoms with Crippen LogP contribution >= 0.6 is 11.3 Å². The number of anilines is 1. The Labute approximate surface area is 139 Å². The van der Waals surface area contributed by atoms with Crippen molar-refractivity contribution in [3.8, 4) is 0 Å². The molecular weight excluding hydrogens is 330 g/mol. The van der Waals surface area contributed by atoms with Crippen LogP contribution in [-0.4, -0.2) is 30.4 Å². The summed E-state index contributed by atoms with van der Waals surface area (Å²) in [5, 5.41) is 6.28. The molecule has 23 heavy (non-hydrogen) atoms. The Hall–Kier alpha value is -1.99. The van der Waals surface area contributed by atoms with Crippen molar-refractivity contribution in [2.24, 2.45) is 0 Å². The number of aromatic nitrogens is 2. The van der Waals surface area contributed by atoms with E-state index < -0.39 is 9.84 Å². The number of hydrogen-bond acceptors (Lipinski definition) is 6. The van der Waals surface area contributed by atoms with Crippen LogP contribution in [0.25, 0.3) is 10.2 Å². The van der Waals surface area contributed by atoms with E-state index in [4.69, 9.17) is 0 Å². The van der Waals surface area contributed by atoms with Crippen LogP contribution in [0, 0.1) is 6.92 Å². The second-order valence-corrected chi connectivity index (χ2v) is 8.56. The predicted molar refractivity (Wildman–Crippen MR) is 94.7 cm³/mol. The van der Waals surface area contributed by atoms with Crippen LogP contribution in [0.3, 0.4) is 0 Å². The number of hydrogen-bond donors (Lipinski definition) is 1. The highest BCUT2D eigenvalue weighted by Gasteiger charge is 2.19. The van der Waals surface area contributed by atoms with E-state index in [0.29, 0.717) is 5.82 Å². The van der Waals surface area contributed by atoms with Crippen molar-refractivity contribution < 1.29 is 8.42 Å². The summed E-state index contributed by atoms with van der Waals surface area (Å²) in [7, 11) is -3.14. The van der Waals surface area contributed by atoms with Gasteiger partial charge in [-0.2, -0.15) is 0 Å². The normalized spacial score (nSPS) is 13.1. The third kappa shape index (κ3) is 3.68. The smallest absolute Gasteiger partial charge is 0.149 e. The zero-order chi connectivity index (χ0) is 16.4. The molecule has 0 amide bonds. The molecule has 0 spiro atoms. The standard InChI is InChI=1S/C16H17N3O2S2/c1-11-8-22-16-14(11)15(17-10-18-16)19-13(9-23(2,20)21)12-6-4-3-5-7-12/h3-8,10,13H,9H2,1-2H3,(H,17,18,19). The highest BCUT2D eigenvalue weighted by Crippen LogP contribution is 2.31. The molecule has 0 aliphatic heterocycles. The van der Waals surface area contributed by atoms with Crippen molar-refractivity contribution in [3.05, 3.63) is 53.2 Å². The number of rotatable bonds is 5. The summed E-state index contributed by atoms with van der Waals surface area (Å²) in [4.78, 5) is 9.49. The Morgan fingerprint density at radius 1 is 1.22 bits per heavy atom. The Kier molecular flexibility index (Phi) is 4.32. The molecule has 5 nitrogen and oxygen atoms in total. The third-order valence-corrected chi connectivity index (χ3v) is 5.48. The second-order valence-electron chi connectivity index (χ2n) is 5.52. The van der Waals surface area contributed by atoms with Crippen LogP contribution in [0.15, 0.2) is 42.0 Å². The fourth-order valence-electron chi connectivity index (χ4n) is 2.50. The fraction of sp³-hybridized carbons (Fsp3) is 0.250. The van der Waals surface area contributed by atoms with Crippen molar-refractivity contribution in [3.63, 3.8) is 0 Å². The number of nitrogens with one attached hydrogen (secondary N) is 1. The van der Waals surface area contributed by atoms with Gasteiger partial charge in [-0.1, -0.05) is 30.3 Å². The van der Waals surface area contributed by atoms with Crippen LogP contribution < -0.4 is 5.32 Å². The van der Waals surface area contributed by atoms with Gasteiger partial charge < -0.3 is 5.32 Å². The molecule has 1 aromatic carbocycles. The monoisotopic (exact) mass is 347 g/mol. The first-order chi connectivity index (χ1) is 10.9. The van der Waals surface area contributed by atoms with Gasteiger partial charge in [-0.25, -0.2) is 18.4 Å². The average Bonchev–Trinajstić information content (AvgIpc) is 2.89. The van der Waals surface area contributed by atoms with E-state index in [-0.39, 0.29) is 11.8 Å².